The van der Waals surface area contributed by atoms with Crippen molar-refractivity contribution in [3.63, 3.8) is 0 Å². The number of morpholine rings is 1. The van der Waals surface area contributed by atoms with Crippen molar-refractivity contribution >= 4 is 17.3 Å². The number of hydrogen-bond acceptors (Lipinski definition) is 6. The predicted octanol–water partition coefficient (Wildman–Crippen LogP) is 1.33. The minimum absolute atomic E-state index is 0.0155. The third kappa shape index (κ3) is 2.10. The maximum absolute atomic E-state index is 11.1. The molecule has 1 saturated carbocycles. The summed E-state index contributed by atoms with van der Waals surface area (Å²) in [5, 5.41) is 11.1. The second kappa shape index (κ2) is 4.65. The minimum Gasteiger partial charge on any atom is -0.384 e. The normalized spacial score (nSPS) is 26.2. The fourth-order valence-electron chi connectivity index (χ4n) is 3.00. The van der Waals surface area contributed by atoms with Crippen LogP contribution in [0.2, 0.25) is 0 Å². The molecule has 1 aromatic heterocycles. The molecule has 1 aliphatic heterocycles. The summed E-state index contributed by atoms with van der Waals surface area (Å²) in [7, 11) is 0. The largest absolute Gasteiger partial charge is 0.384 e. The molecule has 2 heterocycles. The Hall–Kier alpha value is -1.89. The van der Waals surface area contributed by atoms with Crippen molar-refractivity contribution < 1.29 is 9.66 Å². The van der Waals surface area contributed by atoms with Gasteiger partial charge < -0.3 is 15.4 Å². The molecule has 0 amide bonds. The Balaban J connectivity index is 2.00. The van der Waals surface area contributed by atoms with Crippen LogP contribution >= 0.6 is 0 Å². The van der Waals surface area contributed by atoms with E-state index in [1.807, 2.05) is 4.90 Å². The number of nitrogens with zero attached hydrogens (tertiary/aromatic N) is 3. The van der Waals surface area contributed by atoms with Crippen LogP contribution in [0.3, 0.4) is 0 Å². The lowest BCUT2D eigenvalue weighted by molar-refractivity contribution is -0.384. The van der Waals surface area contributed by atoms with Gasteiger partial charge in [0, 0.05) is 12.6 Å². The predicted molar refractivity (Wildman–Crippen MR) is 70.0 cm³/mol. The maximum Gasteiger partial charge on any atom is 0.311 e. The molecule has 0 radical (unpaired) electrons. The number of hydrogen-bond donors (Lipinski definition) is 1. The van der Waals surface area contributed by atoms with Crippen molar-refractivity contribution in [2.45, 2.75) is 31.4 Å². The maximum atomic E-state index is 11.1. The van der Waals surface area contributed by atoms with Crippen LogP contribution in [-0.2, 0) is 4.74 Å². The molecule has 0 spiro atoms. The van der Waals surface area contributed by atoms with Gasteiger partial charge in [-0.15, -0.1) is 0 Å². The Morgan fingerprint density at radius 2 is 2.32 bits per heavy atom. The van der Waals surface area contributed by atoms with Gasteiger partial charge in [0.1, 0.15) is 5.82 Å². The summed E-state index contributed by atoms with van der Waals surface area (Å²) in [5.41, 5.74) is 5.70. The fraction of sp³-hybridized carbons (Fsp3) is 0.583. The van der Waals surface area contributed by atoms with Gasteiger partial charge in [0.2, 0.25) is 5.82 Å². The molecule has 19 heavy (non-hydrogen) atoms. The summed E-state index contributed by atoms with van der Waals surface area (Å²) >= 11 is 0. The average molecular weight is 264 g/mol. The summed E-state index contributed by atoms with van der Waals surface area (Å²) in [4.78, 5) is 16.9. The third-order valence-electron chi connectivity index (χ3n) is 3.83. The van der Waals surface area contributed by atoms with Crippen molar-refractivity contribution in [2.24, 2.45) is 0 Å². The van der Waals surface area contributed by atoms with E-state index in [-0.39, 0.29) is 17.8 Å². The quantitative estimate of drug-likeness (QED) is 0.639. The number of anilines is 2. The summed E-state index contributed by atoms with van der Waals surface area (Å²) in [6.07, 6.45) is 3.24. The number of nitrogens with two attached hydrogens (primary N) is 1. The highest BCUT2D eigenvalue weighted by Gasteiger charge is 2.39. The molecule has 2 aliphatic rings. The molecule has 2 fully saturated rings. The first-order chi connectivity index (χ1) is 9.16. The topological polar surface area (TPSA) is 94.5 Å². The highest BCUT2D eigenvalue weighted by Crippen LogP contribution is 2.36. The van der Waals surface area contributed by atoms with Crippen molar-refractivity contribution in [1.29, 1.82) is 0 Å². The Labute approximate surface area is 110 Å². The Morgan fingerprint density at radius 1 is 1.47 bits per heavy atom. The lowest BCUT2D eigenvalue weighted by Gasteiger charge is -2.38. The van der Waals surface area contributed by atoms with Crippen LogP contribution in [0.1, 0.15) is 19.3 Å². The fourth-order valence-corrected chi connectivity index (χ4v) is 3.00. The molecule has 0 aromatic carbocycles. The minimum atomic E-state index is -0.402. The molecular weight excluding hydrogens is 248 g/mol. The number of rotatable bonds is 2. The van der Waals surface area contributed by atoms with Crippen LogP contribution in [0.4, 0.5) is 17.3 Å². The molecule has 1 aromatic rings. The molecule has 2 atom stereocenters. The van der Waals surface area contributed by atoms with Gasteiger partial charge >= 0.3 is 5.69 Å². The van der Waals surface area contributed by atoms with Crippen LogP contribution in [0.25, 0.3) is 0 Å². The van der Waals surface area contributed by atoms with Crippen molar-refractivity contribution in [3.05, 3.63) is 22.2 Å². The molecule has 2 unspecified atom stereocenters. The first-order valence-corrected chi connectivity index (χ1v) is 6.46. The van der Waals surface area contributed by atoms with E-state index in [4.69, 9.17) is 10.5 Å². The number of fused-ring (bicyclic) bond motifs is 1. The van der Waals surface area contributed by atoms with Crippen molar-refractivity contribution in [1.82, 2.24) is 4.98 Å². The number of nitrogen functional groups attached to an aromatic ring is 1. The third-order valence-corrected chi connectivity index (χ3v) is 3.83. The Kier molecular flexibility index (Phi) is 2.98. The molecular formula is C12H16N4O3. The lowest BCUT2D eigenvalue weighted by atomic mass is 10.1. The van der Waals surface area contributed by atoms with Gasteiger partial charge in [-0.2, -0.15) is 0 Å². The van der Waals surface area contributed by atoms with Crippen LogP contribution in [0.5, 0.6) is 0 Å². The van der Waals surface area contributed by atoms with Gasteiger partial charge in [0.25, 0.3) is 0 Å². The van der Waals surface area contributed by atoms with Crippen LogP contribution < -0.4 is 10.6 Å². The van der Waals surface area contributed by atoms with E-state index < -0.39 is 4.92 Å². The van der Waals surface area contributed by atoms with Gasteiger partial charge in [-0.1, -0.05) is 0 Å². The summed E-state index contributed by atoms with van der Waals surface area (Å²) in [5.74, 6) is 0.687. The number of aromatic nitrogens is 1. The van der Waals surface area contributed by atoms with E-state index in [9.17, 15) is 10.1 Å². The van der Waals surface area contributed by atoms with E-state index in [1.54, 1.807) is 0 Å². The van der Waals surface area contributed by atoms with Crippen LogP contribution in [-0.4, -0.2) is 35.2 Å². The number of pyridine rings is 1. The molecule has 7 heteroatoms. The van der Waals surface area contributed by atoms with Gasteiger partial charge in [-0.05, 0) is 25.3 Å². The average Bonchev–Trinajstić information content (AvgIpc) is 2.86. The van der Waals surface area contributed by atoms with E-state index in [1.165, 1.54) is 12.1 Å². The smallest absolute Gasteiger partial charge is 0.311 e. The first kappa shape index (κ1) is 12.2. The SMILES string of the molecule is Nc1ccc([N+](=O)[O-])c(N2CCOC3CCCC32)n1. The first-order valence-electron chi connectivity index (χ1n) is 6.46. The van der Waals surface area contributed by atoms with Gasteiger partial charge in [0.15, 0.2) is 0 Å². The standard InChI is InChI=1S/C12H16N4O3/c13-11-5-4-9(16(17)18)12(14-11)15-6-7-19-10-3-1-2-8(10)15/h4-5,8,10H,1-3,6-7H2,(H2,13,14). The molecule has 2 N–H and O–H groups in total. The molecule has 7 nitrogen and oxygen atoms in total. The Morgan fingerprint density at radius 3 is 3.11 bits per heavy atom. The zero-order valence-corrected chi connectivity index (χ0v) is 10.5. The van der Waals surface area contributed by atoms with Crippen molar-refractivity contribution in [3.8, 4) is 0 Å². The number of nitro groups is 1. The van der Waals surface area contributed by atoms with E-state index in [0.29, 0.717) is 24.8 Å². The monoisotopic (exact) mass is 264 g/mol. The van der Waals surface area contributed by atoms with Crippen LogP contribution in [0, 0.1) is 10.1 Å². The summed E-state index contributed by atoms with van der Waals surface area (Å²) in [6.45, 7) is 1.20. The van der Waals surface area contributed by atoms with E-state index in [0.717, 1.165) is 19.3 Å². The van der Waals surface area contributed by atoms with Gasteiger partial charge in [0.05, 0.1) is 23.7 Å². The molecule has 1 saturated heterocycles. The molecule has 0 bridgehead atoms. The zero-order valence-electron chi connectivity index (χ0n) is 10.5. The molecule has 3 rings (SSSR count). The summed E-state index contributed by atoms with van der Waals surface area (Å²) < 4.78 is 5.71. The highest BCUT2D eigenvalue weighted by atomic mass is 16.6. The Bertz CT molecular complexity index is 508. The summed E-state index contributed by atoms with van der Waals surface area (Å²) in [6, 6.07) is 3.08. The van der Waals surface area contributed by atoms with Gasteiger partial charge in [-0.25, -0.2) is 4.98 Å². The van der Waals surface area contributed by atoms with E-state index in [2.05, 4.69) is 4.98 Å². The lowest BCUT2D eigenvalue weighted by Crippen LogP contribution is -2.49. The highest BCUT2D eigenvalue weighted by molar-refractivity contribution is 5.62. The number of ether oxygens (including phenoxy) is 1. The van der Waals surface area contributed by atoms with Crippen LogP contribution in [0.15, 0.2) is 12.1 Å². The molecule has 102 valence electrons. The molecule has 1 aliphatic carbocycles. The van der Waals surface area contributed by atoms with E-state index >= 15 is 0 Å². The second-order valence-corrected chi connectivity index (χ2v) is 4.94. The zero-order chi connectivity index (χ0) is 13.4. The van der Waals surface area contributed by atoms with Crippen molar-refractivity contribution in [2.75, 3.05) is 23.8 Å². The second-order valence-electron chi connectivity index (χ2n) is 4.94. The van der Waals surface area contributed by atoms with Gasteiger partial charge in [-0.3, -0.25) is 10.1 Å².